The first-order chi connectivity index (χ1) is 12.6. The molecule has 0 radical (unpaired) electrons. The average Bonchev–Trinajstić information content (AvgIpc) is 3.35. The molecule has 2 aromatic heterocycles. The molecular weight excluding hydrogens is 342 g/mol. The molecule has 0 aliphatic carbocycles. The van der Waals surface area contributed by atoms with E-state index in [4.69, 9.17) is 4.52 Å². The van der Waals surface area contributed by atoms with Crippen LogP contribution < -0.4 is 0 Å². The number of H-pyrrole nitrogens is 1. The zero-order valence-corrected chi connectivity index (χ0v) is 13.8. The second-order valence-corrected chi connectivity index (χ2v) is 6.26. The molecule has 6 nitrogen and oxygen atoms in total. The molecule has 3 aromatic rings. The summed E-state index contributed by atoms with van der Waals surface area (Å²) in [6.45, 7) is 0.941. The van der Waals surface area contributed by atoms with Crippen molar-refractivity contribution < 1.29 is 18.1 Å². The minimum atomic E-state index is -1.03. The molecule has 1 N–H and O–H groups in total. The number of nitrogens with zero attached hydrogens (tertiary/aromatic N) is 3. The number of halogens is 2. The number of aromatic amines is 1. The Labute approximate surface area is 147 Å². The number of aromatic nitrogens is 3. The van der Waals surface area contributed by atoms with Crippen molar-refractivity contribution in [1.82, 2.24) is 20.0 Å². The van der Waals surface area contributed by atoms with Gasteiger partial charge in [-0.2, -0.15) is 4.98 Å². The third-order valence-corrected chi connectivity index (χ3v) is 4.50. The van der Waals surface area contributed by atoms with E-state index in [1.807, 2.05) is 12.1 Å². The molecule has 8 heteroatoms. The molecule has 4 rings (SSSR count). The van der Waals surface area contributed by atoms with Gasteiger partial charge in [0.2, 0.25) is 11.7 Å². The van der Waals surface area contributed by atoms with E-state index < -0.39 is 11.6 Å². The van der Waals surface area contributed by atoms with Crippen molar-refractivity contribution >= 4 is 5.91 Å². The van der Waals surface area contributed by atoms with Crippen molar-refractivity contribution in [3.63, 3.8) is 0 Å². The van der Waals surface area contributed by atoms with Gasteiger partial charge >= 0.3 is 0 Å². The first-order valence-electron chi connectivity index (χ1n) is 8.33. The van der Waals surface area contributed by atoms with Gasteiger partial charge in [-0.3, -0.25) is 4.79 Å². The molecule has 1 aromatic carbocycles. The van der Waals surface area contributed by atoms with Crippen LogP contribution in [-0.4, -0.2) is 39.0 Å². The van der Waals surface area contributed by atoms with E-state index in [0.29, 0.717) is 24.8 Å². The Kier molecular flexibility index (Phi) is 4.24. The Bertz CT molecular complexity index is 923. The van der Waals surface area contributed by atoms with Gasteiger partial charge in [0.25, 0.3) is 5.91 Å². The summed E-state index contributed by atoms with van der Waals surface area (Å²) in [5.41, 5.74) is 0.882. The molecule has 1 amide bonds. The summed E-state index contributed by atoms with van der Waals surface area (Å²) < 4.78 is 31.8. The largest absolute Gasteiger partial charge is 0.359 e. The lowest BCUT2D eigenvalue weighted by Gasteiger charge is -2.31. The van der Waals surface area contributed by atoms with Gasteiger partial charge in [-0.1, -0.05) is 5.16 Å². The zero-order chi connectivity index (χ0) is 18.1. The molecule has 26 heavy (non-hydrogen) atoms. The summed E-state index contributed by atoms with van der Waals surface area (Å²) in [6, 6.07) is 6.87. The number of benzene rings is 1. The van der Waals surface area contributed by atoms with Gasteiger partial charge in [-0.25, -0.2) is 8.78 Å². The Morgan fingerprint density at radius 2 is 2.15 bits per heavy atom. The maximum Gasteiger partial charge on any atom is 0.253 e. The Balaban J connectivity index is 1.50. The fourth-order valence-corrected chi connectivity index (χ4v) is 3.15. The second kappa shape index (κ2) is 6.70. The van der Waals surface area contributed by atoms with Crippen LogP contribution in [0.4, 0.5) is 8.78 Å². The number of nitrogens with one attached hydrogen (secondary N) is 1. The molecule has 134 valence electrons. The highest BCUT2D eigenvalue weighted by atomic mass is 19.2. The fraction of sp³-hybridized carbons (Fsp3) is 0.278. The summed E-state index contributed by atoms with van der Waals surface area (Å²) >= 11 is 0. The van der Waals surface area contributed by atoms with E-state index in [-0.39, 0.29) is 17.4 Å². The van der Waals surface area contributed by atoms with Crippen LogP contribution in [0.5, 0.6) is 0 Å². The predicted molar refractivity (Wildman–Crippen MR) is 88.3 cm³/mol. The average molecular weight is 358 g/mol. The molecule has 3 heterocycles. The highest BCUT2D eigenvalue weighted by molar-refractivity contribution is 5.94. The Morgan fingerprint density at radius 3 is 2.92 bits per heavy atom. The van der Waals surface area contributed by atoms with E-state index in [9.17, 15) is 13.6 Å². The zero-order valence-electron chi connectivity index (χ0n) is 13.8. The van der Waals surface area contributed by atoms with Crippen LogP contribution in [-0.2, 0) is 0 Å². The van der Waals surface area contributed by atoms with Gasteiger partial charge in [-0.05, 0) is 43.2 Å². The number of hydrogen-bond donors (Lipinski definition) is 1. The maximum atomic E-state index is 13.4. The van der Waals surface area contributed by atoms with Crippen molar-refractivity contribution in [2.24, 2.45) is 0 Å². The van der Waals surface area contributed by atoms with Gasteiger partial charge in [0.1, 0.15) is 0 Å². The van der Waals surface area contributed by atoms with Crippen LogP contribution >= 0.6 is 0 Å². The molecular formula is C18H16F2N4O2. The number of rotatable bonds is 3. The minimum Gasteiger partial charge on any atom is -0.359 e. The summed E-state index contributed by atoms with van der Waals surface area (Å²) in [5, 5.41) is 3.97. The van der Waals surface area contributed by atoms with E-state index in [1.165, 1.54) is 6.07 Å². The normalized spacial score (nSPS) is 17.5. The molecule has 0 bridgehead atoms. The minimum absolute atomic E-state index is 0.0887. The Morgan fingerprint density at radius 1 is 1.27 bits per heavy atom. The van der Waals surface area contributed by atoms with Crippen LogP contribution in [0.1, 0.15) is 35.0 Å². The van der Waals surface area contributed by atoms with Gasteiger partial charge < -0.3 is 14.4 Å². The van der Waals surface area contributed by atoms with Crippen molar-refractivity contribution in [2.45, 2.75) is 18.8 Å². The third-order valence-electron chi connectivity index (χ3n) is 4.50. The highest BCUT2D eigenvalue weighted by Crippen LogP contribution is 2.28. The van der Waals surface area contributed by atoms with Crippen LogP contribution in [0.25, 0.3) is 11.5 Å². The lowest BCUT2D eigenvalue weighted by atomic mass is 9.97. The van der Waals surface area contributed by atoms with Crippen LogP contribution in [0.3, 0.4) is 0 Å². The predicted octanol–water partition coefficient (Wildman–Crippen LogP) is 3.36. The number of likely N-dealkylation sites (tertiary alicyclic amines) is 1. The van der Waals surface area contributed by atoms with Crippen molar-refractivity contribution in [3.8, 4) is 11.5 Å². The number of carbonyl (C=O) groups excluding carboxylic acids is 1. The van der Waals surface area contributed by atoms with Gasteiger partial charge in [0.05, 0.1) is 11.6 Å². The number of piperidine rings is 1. The number of hydrogen-bond acceptors (Lipinski definition) is 4. The van der Waals surface area contributed by atoms with Crippen molar-refractivity contribution in [2.75, 3.05) is 13.1 Å². The monoisotopic (exact) mass is 358 g/mol. The smallest absolute Gasteiger partial charge is 0.253 e. The van der Waals surface area contributed by atoms with Crippen LogP contribution in [0.2, 0.25) is 0 Å². The SMILES string of the molecule is O=C(c1ccc(F)c(F)c1)N1CCCC(c2nc(-c3ccc[nH]3)no2)C1. The van der Waals surface area contributed by atoms with E-state index in [1.54, 1.807) is 11.1 Å². The van der Waals surface area contributed by atoms with E-state index in [0.717, 1.165) is 30.7 Å². The summed E-state index contributed by atoms with van der Waals surface area (Å²) in [5.74, 6) is -1.49. The molecule has 1 saturated heterocycles. The highest BCUT2D eigenvalue weighted by Gasteiger charge is 2.29. The van der Waals surface area contributed by atoms with Gasteiger partial charge in [0, 0.05) is 24.8 Å². The number of carbonyl (C=O) groups is 1. The lowest BCUT2D eigenvalue weighted by molar-refractivity contribution is 0.0695. The summed E-state index contributed by atoms with van der Waals surface area (Å²) in [4.78, 5) is 21.6. The quantitative estimate of drug-likeness (QED) is 0.779. The molecule has 0 saturated carbocycles. The first kappa shape index (κ1) is 16.4. The lowest BCUT2D eigenvalue weighted by Crippen LogP contribution is -2.39. The molecule has 1 aliphatic heterocycles. The van der Waals surface area contributed by atoms with Crippen molar-refractivity contribution in [3.05, 3.63) is 59.6 Å². The molecule has 1 atom stereocenters. The molecule has 1 aliphatic rings. The molecule has 1 fully saturated rings. The Hall–Kier alpha value is -3.03. The van der Waals surface area contributed by atoms with E-state index >= 15 is 0 Å². The maximum absolute atomic E-state index is 13.4. The fourth-order valence-electron chi connectivity index (χ4n) is 3.15. The molecule has 0 spiro atoms. The summed E-state index contributed by atoms with van der Waals surface area (Å²) in [7, 11) is 0. The molecule has 1 unspecified atom stereocenters. The van der Waals surface area contributed by atoms with Crippen molar-refractivity contribution in [1.29, 1.82) is 0 Å². The van der Waals surface area contributed by atoms with Gasteiger partial charge in [0.15, 0.2) is 11.6 Å². The topological polar surface area (TPSA) is 75.0 Å². The second-order valence-electron chi connectivity index (χ2n) is 6.26. The van der Waals surface area contributed by atoms with E-state index in [2.05, 4.69) is 15.1 Å². The van der Waals surface area contributed by atoms with Crippen LogP contribution in [0.15, 0.2) is 41.1 Å². The van der Waals surface area contributed by atoms with Crippen LogP contribution in [0, 0.1) is 11.6 Å². The summed E-state index contributed by atoms with van der Waals surface area (Å²) in [6.07, 6.45) is 3.35. The van der Waals surface area contributed by atoms with Gasteiger partial charge in [-0.15, -0.1) is 0 Å². The first-order valence-corrected chi connectivity index (χ1v) is 8.33. The standard InChI is InChI=1S/C18H16F2N4O2/c19-13-6-5-11(9-14(13)20)18(25)24-8-2-3-12(10-24)17-22-16(23-26-17)15-4-1-7-21-15/h1,4-7,9,12,21H,2-3,8,10H2. The third kappa shape index (κ3) is 3.10. The number of amides is 1.